The minimum atomic E-state index is -4.39. The van der Waals surface area contributed by atoms with Crippen molar-refractivity contribution in [1.29, 1.82) is 0 Å². The standard InChI is InChI=1S/C21H29F3N4/c1-6-8-20(28(26)13-15(4)25)19(14(2)3)12-27-16(5)17-9-7-10-18(11-17)21(22,23)24/h6-11,15H,1,12-13,25-26H2,2-5H3/b20-8+,27-16-. The van der Waals surface area contributed by atoms with Gasteiger partial charge in [-0.3, -0.25) is 4.99 Å². The van der Waals surface area contributed by atoms with Crippen LogP contribution in [0, 0.1) is 0 Å². The Kier molecular flexibility index (Phi) is 8.65. The Labute approximate surface area is 165 Å². The summed E-state index contributed by atoms with van der Waals surface area (Å²) in [5.74, 6) is 6.16. The number of rotatable bonds is 8. The van der Waals surface area contributed by atoms with E-state index >= 15 is 0 Å². The average molecular weight is 394 g/mol. The second kappa shape index (κ2) is 10.2. The molecule has 7 heteroatoms. The minimum Gasteiger partial charge on any atom is -0.326 e. The van der Waals surface area contributed by atoms with Gasteiger partial charge in [0.1, 0.15) is 0 Å². The largest absolute Gasteiger partial charge is 0.416 e. The zero-order valence-corrected chi connectivity index (χ0v) is 16.8. The minimum absolute atomic E-state index is 0.132. The van der Waals surface area contributed by atoms with Crippen LogP contribution in [0.15, 0.2) is 64.8 Å². The summed E-state index contributed by atoms with van der Waals surface area (Å²) in [7, 11) is 0. The highest BCUT2D eigenvalue weighted by Gasteiger charge is 2.30. The van der Waals surface area contributed by atoms with Crippen molar-refractivity contribution in [2.24, 2.45) is 16.6 Å². The zero-order valence-electron chi connectivity index (χ0n) is 16.8. The van der Waals surface area contributed by atoms with Crippen LogP contribution in [-0.2, 0) is 6.18 Å². The first-order valence-corrected chi connectivity index (χ1v) is 8.93. The van der Waals surface area contributed by atoms with Crippen molar-refractivity contribution in [3.05, 3.63) is 71.0 Å². The first kappa shape index (κ1) is 23.7. The summed E-state index contributed by atoms with van der Waals surface area (Å²) >= 11 is 0. The Morgan fingerprint density at radius 1 is 1.29 bits per heavy atom. The molecular formula is C21H29F3N4. The predicted octanol–water partition coefficient (Wildman–Crippen LogP) is 4.44. The lowest BCUT2D eigenvalue weighted by Crippen LogP contribution is -2.40. The molecule has 0 fully saturated rings. The van der Waals surface area contributed by atoms with E-state index in [1.54, 1.807) is 30.2 Å². The maximum absolute atomic E-state index is 12.9. The van der Waals surface area contributed by atoms with E-state index in [9.17, 15) is 13.2 Å². The molecule has 0 aliphatic rings. The van der Waals surface area contributed by atoms with Crippen molar-refractivity contribution in [2.45, 2.75) is 39.9 Å². The summed E-state index contributed by atoms with van der Waals surface area (Å²) in [5.41, 5.74) is 8.68. The van der Waals surface area contributed by atoms with E-state index in [-0.39, 0.29) is 12.6 Å². The van der Waals surface area contributed by atoms with Crippen molar-refractivity contribution in [2.75, 3.05) is 13.1 Å². The SMILES string of the molecule is C=C/C=C(\C(C/N=C(/C)c1cccc(C(F)(F)F)c1)=C(C)C)N(N)CC(C)N. The summed E-state index contributed by atoms with van der Waals surface area (Å²) in [4.78, 5) is 4.51. The van der Waals surface area contributed by atoms with Crippen molar-refractivity contribution < 1.29 is 13.2 Å². The molecule has 0 aliphatic carbocycles. The molecule has 0 aliphatic heterocycles. The molecule has 1 rings (SSSR count). The number of hydrogen-bond donors (Lipinski definition) is 2. The Morgan fingerprint density at radius 2 is 1.93 bits per heavy atom. The summed E-state index contributed by atoms with van der Waals surface area (Å²) in [6, 6.07) is 5.01. The van der Waals surface area contributed by atoms with Gasteiger partial charge in [0.15, 0.2) is 0 Å². The second-order valence-electron chi connectivity index (χ2n) is 6.88. The van der Waals surface area contributed by atoms with Gasteiger partial charge < -0.3 is 10.7 Å². The van der Waals surface area contributed by atoms with Gasteiger partial charge in [0.2, 0.25) is 0 Å². The van der Waals surface area contributed by atoms with Crippen molar-refractivity contribution in [3.63, 3.8) is 0 Å². The molecule has 0 amide bonds. The number of alkyl halides is 3. The molecule has 0 saturated carbocycles. The maximum atomic E-state index is 12.9. The van der Waals surface area contributed by atoms with Crippen LogP contribution in [0.1, 0.15) is 38.8 Å². The molecule has 4 nitrogen and oxygen atoms in total. The van der Waals surface area contributed by atoms with Gasteiger partial charge in [-0.1, -0.05) is 30.4 Å². The molecule has 0 radical (unpaired) electrons. The number of allylic oxidation sites excluding steroid dienone is 3. The van der Waals surface area contributed by atoms with Crippen LogP contribution in [0.25, 0.3) is 0 Å². The van der Waals surface area contributed by atoms with Crippen LogP contribution in [0.3, 0.4) is 0 Å². The molecule has 154 valence electrons. The van der Waals surface area contributed by atoms with Crippen molar-refractivity contribution >= 4 is 5.71 Å². The van der Waals surface area contributed by atoms with Gasteiger partial charge in [0, 0.05) is 18.3 Å². The molecule has 0 aromatic heterocycles. The van der Waals surface area contributed by atoms with Gasteiger partial charge in [-0.05, 0) is 57.0 Å². The van der Waals surface area contributed by atoms with Crippen LogP contribution in [0.5, 0.6) is 0 Å². The lowest BCUT2D eigenvalue weighted by molar-refractivity contribution is -0.137. The molecule has 0 spiro atoms. The summed E-state index contributed by atoms with van der Waals surface area (Å²) in [5, 5.41) is 1.55. The summed E-state index contributed by atoms with van der Waals surface area (Å²) in [6.45, 7) is 11.8. The lowest BCUT2D eigenvalue weighted by atomic mass is 10.0. The van der Waals surface area contributed by atoms with Crippen LogP contribution >= 0.6 is 0 Å². The third-order valence-corrected chi connectivity index (χ3v) is 4.06. The van der Waals surface area contributed by atoms with Gasteiger partial charge in [-0.15, -0.1) is 0 Å². The fourth-order valence-electron chi connectivity index (χ4n) is 2.59. The van der Waals surface area contributed by atoms with Gasteiger partial charge in [-0.2, -0.15) is 13.2 Å². The lowest BCUT2D eigenvalue weighted by Gasteiger charge is -2.26. The maximum Gasteiger partial charge on any atom is 0.416 e. The highest BCUT2D eigenvalue weighted by atomic mass is 19.4. The smallest absolute Gasteiger partial charge is 0.326 e. The molecule has 0 saturated heterocycles. The van der Waals surface area contributed by atoms with Crippen LogP contribution in [-0.4, -0.2) is 29.9 Å². The quantitative estimate of drug-likeness (QED) is 0.296. The zero-order chi connectivity index (χ0) is 21.5. The van der Waals surface area contributed by atoms with Gasteiger partial charge >= 0.3 is 6.18 Å². The topological polar surface area (TPSA) is 67.6 Å². The number of nitrogens with zero attached hydrogens (tertiary/aromatic N) is 2. The molecule has 28 heavy (non-hydrogen) atoms. The molecule has 1 aromatic carbocycles. The van der Waals surface area contributed by atoms with E-state index in [2.05, 4.69) is 11.6 Å². The molecule has 0 bridgehead atoms. The van der Waals surface area contributed by atoms with E-state index in [4.69, 9.17) is 11.6 Å². The summed E-state index contributed by atoms with van der Waals surface area (Å²) in [6.07, 6.45) is -0.983. The van der Waals surface area contributed by atoms with Gasteiger partial charge in [0.05, 0.1) is 17.8 Å². The van der Waals surface area contributed by atoms with Gasteiger partial charge in [0.25, 0.3) is 0 Å². The third-order valence-electron chi connectivity index (χ3n) is 4.06. The molecule has 0 heterocycles. The van der Waals surface area contributed by atoms with Crippen LogP contribution in [0.4, 0.5) is 13.2 Å². The average Bonchev–Trinajstić information content (AvgIpc) is 2.59. The van der Waals surface area contributed by atoms with Crippen LogP contribution in [0.2, 0.25) is 0 Å². The number of aliphatic imine (C=N–C) groups is 1. The van der Waals surface area contributed by atoms with E-state index in [1.165, 1.54) is 6.07 Å². The number of hydrazine groups is 1. The van der Waals surface area contributed by atoms with E-state index in [0.717, 1.165) is 29.0 Å². The van der Waals surface area contributed by atoms with Gasteiger partial charge in [-0.25, -0.2) is 5.84 Å². The van der Waals surface area contributed by atoms with E-state index in [1.807, 2.05) is 20.8 Å². The number of nitrogens with two attached hydrogens (primary N) is 2. The number of hydrogen-bond acceptors (Lipinski definition) is 4. The molecule has 1 atom stereocenters. The Hall–Kier alpha value is -2.38. The highest BCUT2D eigenvalue weighted by Crippen LogP contribution is 2.29. The Balaban J connectivity index is 3.18. The molecular weight excluding hydrogens is 365 g/mol. The highest BCUT2D eigenvalue weighted by molar-refractivity contribution is 5.99. The predicted molar refractivity (Wildman–Crippen MR) is 110 cm³/mol. The van der Waals surface area contributed by atoms with Crippen molar-refractivity contribution in [1.82, 2.24) is 5.01 Å². The second-order valence-corrected chi connectivity index (χ2v) is 6.88. The Morgan fingerprint density at radius 3 is 2.43 bits per heavy atom. The Bertz CT molecular complexity index is 770. The fraction of sp³-hybridized carbons (Fsp3) is 0.381. The summed E-state index contributed by atoms with van der Waals surface area (Å²) < 4.78 is 38.8. The first-order chi connectivity index (χ1) is 13.0. The monoisotopic (exact) mass is 394 g/mol. The number of benzene rings is 1. The fourth-order valence-corrected chi connectivity index (χ4v) is 2.59. The molecule has 1 unspecified atom stereocenters. The van der Waals surface area contributed by atoms with Crippen molar-refractivity contribution in [3.8, 4) is 0 Å². The first-order valence-electron chi connectivity index (χ1n) is 8.93. The van der Waals surface area contributed by atoms with Crippen LogP contribution < -0.4 is 11.6 Å². The van der Waals surface area contributed by atoms with E-state index < -0.39 is 11.7 Å². The molecule has 4 N–H and O–H groups in total. The third kappa shape index (κ3) is 6.98. The van der Waals surface area contributed by atoms with E-state index in [0.29, 0.717) is 17.8 Å². The number of halogens is 3. The molecule has 1 aromatic rings. The normalized spacial score (nSPS) is 13.9.